The highest BCUT2D eigenvalue weighted by Gasteiger charge is 2.41. The van der Waals surface area contributed by atoms with E-state index in [1.807, 2.05) is 49.1 Å². The van der Waals surface area contributed by atoms with Crippen LogP contribution in [0.5, 0.6) is 0 Å². The van der Waals surface area contributed by atoms with Gasteiger partial charge in [-0.1, -0.05) is 41.6 Å². The Bertz CT molecular complexity index is 1310. The van der Waals surface area contributed by atoms with Gasteiger partial charge in [-0.2, -0.15) is 4.39 Å². The maximum absolute atomic E-state index is 14.9. The summed E-state index contributed by atoms with van der Waals surface area (Å²) in [7, 11) is 0. The molecule has 3 aromatic rings. The van der Waals surface area contributed by atoms with E-state index < -0.39 is 36.0 Å². The van der Waals surface area contributed by atoms with Gasteiger partial charge in [-0.25, -0.2) is 14.1 Å². The number of anilines is 1. The molecule has 5 rings (SSSR count). The highest BCUT2D eigenvalue weighted by Crippen LogP contribution is 2.41. The first-order valence-electron chi connectivity index (χ1n) is 13.5. The van der Waals surface area contributed by atoms with E-state index in [1.54, 1.807) is 18.3 Å². The number of hydrogen-bond acceptors (Lipinski definition) is 6. The lowest BCUT2D eigenvalue weighted by Gasteiger charge is -2.27. The van der Waals surface area contributed by atoms with E-state index in [0.29, 0.717) is 35.7 Å². The number of carbonyl (C=O) groups excluding carboxylic acids is 2. The van der Waals surface area contributed by atoms with E-state index in [-0.39, 0.29) is 25.4 Å². The average molecular weight is 538 g/mol. The molecule has 2 aromatic heterocycles. The van der Waals surface area contributed by atoms with Gasteiger partial charge in [0.2, 0.25) is 17.8 Å². The molecule has 2 amide bonds. The van der Waals surface area contributed by atoms with Gasteiger partial charge in [-0.3, -0.25) is 9.59 Å². The van der Waals surface area contributed by atoms with Gasteiger partial charge < -0.3 is 15.1 Å². The van der Waals surface area contributed by atoms with Crippen LogP contribution in [0, 0.1) is 5.95 Å². The monoisotopic (exact) mass is 537 g/mol. The third kappa shape index (κ3) is 5.76. The highest BCUT2D eigenvalue weighted by atomic mass is 19.1. The number of alkyl halides is 1. The third-order valence-corrected chi connectivity index (χ3v) is 7.47. The van der Waals surface area contributed by atoms with Crippen LogP contribution < -0.4 is 10.2 Å². The Kier molecular flexibility index (Phi) is 7.85. The Labute approximate surface area is 226 Å². The van der Waals surface area contributed by atoms with Gasteiger partial charge >= 0.3 is 0 Å². The predicted octanol–water partition coefficient (Wildman–Crippen LogP) is 3.38. The van der Waals surface area contributed by atoms with Gasteiger partial charge in [-0.15, -0.1) is 5.10 Å². The molecule has 1 saturated carbocycles. The first-order chi connectivity index (χ1) is 18.9. The number of benzene rings is 1. The summed E-state index contributed by atoms with van der Waals surface area (Å²) in [6.07, 6.45) is 2.00. The Hall–Kier alpha value is -3.89. The zero-order valence-corrected chi connectivity index (χ0v) is 22.1. The summed E-state index contributed by atoms with van der Waals surface area (Å²) in [6.45, 7) is 5.03. The first-order valence-corrected chi connectivity index (χ1v) is 13.5. The second kappa shape index (κ2) is 11.5. The average Bonchev–Trinajstić information content (AvgIpc) is 3.55. The molecule has 1 unspecified atom stereocenters. The number of aromatic nitrogens is 4. The van der Waals surface area contributed by atoms with Crippen molar-refractivity contribution in [3.8, 4) is 0 Å². The molecule has 0 spiro atoms. The zero-order valence-electron chi connectivity index (χ0n) is 22.1. The van der Waals surface area contributed by atoms with Crippen molar-refractivity contribution in [3.05, 3.63) is 71.4 Å². The Balaban J connectivity index is 1.36. The van der Waals surface area contributed by atoms with Crippen molar-refractivity contribution in [3.63, 3.8) is 0 Å². The Morgan fingerprint density at radius 2 is 1.87 bits per heavy atom. The van der Waals surface area contributed by atoms with Crippen LogP contribution in [-0.2, 0) is 16.1 Å². The molecule has 3 atom stereocenters. The zero-order chi connectivity index (χ0) is 27.5. The molecule has 1 aliphatic carbocycles. The number of amides is 2. The number of nitrogens with zero attached hydrogens (tertiary/aromatic N) is 6. The van der Waals surface area contributed by atoms with Gasteiger partial charge in [0.05, 0.1) is 24.5 Å². The lowest BCUT2D eigenvalue weighted by molar-refractivity contribution is -0.139. The van der Waals surface area contributed by atoms with E-state index in [1.165, 1.54) is 9.58 Å². The molecule has 39 heavy (non-hydrogen) atoms. The van der Waals surface area contributed by atoms with Crippen LogP contribution in [0.25, 0.3) is 0 Å². The van der Waals surface area contributed by atoms with E-state index in [9.17, 15) is 18.4 Å². The van der Waals surface area contributed by atoms with Gasteiger partial charge in [-0.05, 0) is 44.2 Å². The van der Waals surface area contributed by atoms with Crippen molar-refractivity contribution in [1.82, 2.24) is 30.2 Å². The number of hydrogen-bond donors (Lipinski definition) is 1. The second-order valence-corrected chi connectivity index (χ2v) is 10.1. The molecule has 0 bridgehead atoms. The minimum absolute atomic E-state index is 0.123. The van der Waals surface area contributed by atoms with Gasteiger partial charge in [0.1, 0.15) is 24.6 Å². The maximum Gasteiger partial charge on any atom is 0.245 e. The standard InChI is InChI=1S/C28H33F2N7O2/c1-3-35(4-2)24-15-31-34-37(24)17-25(38)36-16-20(29)14-23(36)28(39)33-26(19-8-6-5-7-9-19)22-13-12-21(18-10-11-18)27(30)32-22/h5-9,12-13,15,18,20,23,26H,3-4,10-11,14,16-17H2,1-2H3,(H,33,39)/t20-,23?,26+/m1/s1. The molecule has 1 N–H and O–H groups in total. The van der Waals surface area contributed by atoms with Crippen molar-refractivity contribution in [2.75, 3.05) is 24.5 Å². The number of nitrogens with one attached hydrogen (secondary N) is 1. The van der Waals surface area contributed by atoms with Gasteiger partial charge in [0.15, 0.2) is 0 Å². The number of likely N-dealkylation sites (tertiary alicyclic amines) is 1. The fraction of sp³-hybridized carbons (Fsp3) is 0.464. The van der Waals surface area contributed by atoms with Crippen molar-refractivity contribution in [2.45, 2.75) is 63.8 Å². The van der Waals surface area contributed by atoms with Gasteiger partial charge in [0.25, 0.3) is 0 Å². The minimum atomic E-state index is -1.34. The minimum Gasteiger partial charge on any atom is -0.356 e. The number of rotatable bonds is 10. The molecule has 2 aliphatic rings. The molecule has 1 aliphatic heterocycles. The molecular formula is C28H33F2N7O2. The first kappa shape index (κ1) is 26.7. The van der Waals surface area contributed by atoms with Crippen LogP contribution in [0.2, 0.25) is 0 Å². The summed E-state index contributed by atoms with van der Waals surface area (Å²) in [6, 6.07) is 10.8. The van der Waals surface area contributed by atoms with Crippen LogP contribution in [0.15, 0.2) is 48.7 Å². The second-order valence-electron chi connectivity index (χ2n) is 10.1. The summed E-state index contributed by atoms with van der Waals surface area (Å²) in [4.78, 5) is 34.3. The Morgan fingerprint density at radius 1 is 1.13 bits per heavy atom. The lowest BCUT2D eigenvalue weighted by atomic mass is 10.0. The predicted molar refractivity (Wildman–Crippen MR) is 141 cm³/mol. The number of carbonyl (C=O) groups is 2. The lowest BCUT2D eigenvalue weighted by Crippen LogP contribution is -2.48. The molecule has 11 heteroatoms. The molecular weight excluding hydrogens is 504 g/mol. The fourth-order valence-electron chi connectivity index (χ4n) is 5.22. The third-order valence-electron chi connectivity index (χ3n) is 7.47. The van der Waals surface area contributed by atoms with Crippen molar-refractivity contribution >= 4 is 17.6 Å². The summed E-state index contributed by atoms with van der Waals surface area (Å²) in [5.74, 6) is -0.611. The maximum atomic E-state index is 14.9. The van der Waals surface area contributed by atoms with E-state index in [2.05, 4.69) is 20.6 Å². The summed E-state index contributed by atoms with van der Waals surface area (Å²) in [5, 5.41) is 10.9. The van der Waals surface area contributed by atoms with Crippen LogP contribution in [0.1, 0.15) is 61.9 Å². The molecule has 2 fully saturated rings. The molecule has 9 nitrogen and oxygen atoms in total. The van der Waals surface area contributed by atoms with E-state index in [4.69, 9.17) is 0 Å². The fourth-order valence-corrected chi connectivity index (χ4v) is 5.22. The highest BCUT2D eigenvalue weighted by molar-refractivity contribution is 5.89. The van der Waals surface area contributed by atoms with E-state index >= 15 is 0 Å². The van der Waals surface area contributed by atoms with Crippen molar-refractivity contribution in [1.29, 1.82) is 0 Å². The van der Waals surface area contributed by atoms with Crippen LogP contribution >= 0.6 is 0 Å². The molecule has 0 radical (unpaired) electrons. The Morgan fingerprint density at radius 3 is 2.54 bits per heavy atom. The summed E-state index contributed by atoms with van der Waals surface area (Å²) in [5.41, 5.74) is 1.63. The van der Waals surface area contributed by atoms with Crippen LogP contribution in [0.3, 0.4) is 0 Å². The smallest absolute Gasteiger partial charge is 0.245 e. The van der Waals surface area contributed by atoms with Crippen molar-refractivity contribution < 1.29 is 18.4 Å². The van der Waals surface area contributed by atoms with Gasteiger partial charge in [0, 0.05) is 25.1 Å². The normalized spacial score (nSPS) is 19.6. The van der Waals surface area contributed by atoms with Crippen LogP contribution in [-0.4, -0.2) is 68.5 Å². The quantitative estimate of drug-likeness (QED) is 0.399. The number of pyridine rings is 1. The van der Waals surface area contributed by atoms with Crippen LogP contribution in [0.4, 0.5) is 14.6 Å². The largest absolute Gasteiger partial charge is 0.356 e. The molecule has 1 saturated heterocycles. The summed E-state index contributed by atoms with van der Waals surface area (Å²) < 4.78 is 30.9. The molecule has 1 aromatic carbocycles. The topological polar surface area (TPSA) is 96.3 Å². The molecule has 206 valence electrons. The SMILES string of the molecule is CCN(CC)c1cnnn1CC(=O)N1C[C@H](F)CC1C(=O)N[C@@H](c1ccccc1)c1ccc(C2CC2)c(F)n1. The molecule has 3 heterocycles. The summed E-state index contributed by atoms with van der Waals surface area (Å²) >= 11 is 0. The number of halogens is 2. The van der Waals surface area contributed by atoms with E-state index in [0.717, 1.165) is 12.8 Å². The van der Waals surface area contributed by atoms with Crippen molar-refractivity contribution in [2.24, 2.45) is 0 Å².